The van der Waals surface area contributed by atoms with E-state index in [0.29, 0.717) is 0 Å². The Morgan fingerprint density at radius 2 is 1.83 bits per heavy atom. The van der Waals surface area contributed by atoms with Crippen molar-refractivity contribution in [3.05, 3.63) is 28.2 Å². The molecule has 1 rings (SSSR count). The topological polar surface area (TPSA) is 32.9 Å². The van der Waals surface area contributed by atoms with Gasteiger partial charge in [-0.05, 0) is 12.1 Å². The summed E-state index contributed by atoms with van der Waals surface area (Å²) in [4.78, 5) is 13.8. The summed E-state index contributed by atoms with van der Waals surface area (Å²) in [5.41, 5.74) is 1.02. The summed E-state index contributed by atoms with van der Waals surface area (Å²) in [6.45, 7) is 8.78. The average Bonchev–Trinajstić information content (AvgIpc) is 1.83. The summed E-state index contributed by atoms with van der Waals surface area (Å²) in [5, 5.41) is 1.34. The van der Waals surface area contributed by atoms with Crippen molar-refractivity contribution in [3.63, 3.8) is 0 Å². The Morgan fingerprint density at radius 1 is 1.25 bits per heavy atom. The van der Waals surface area contributed by atoms with Crippen molar-refractivity contribution in [1.82, 2.24) is 4.98 Å². The fraction of sp³-hybridized carbons (Fsp3) is 0.444. The molecule has 0 saturated heterocycles. The number of pyridine rings is 1. The van der Waals surface area contributed by atoms with E-state index in [1.165, 1.54) is 5.19 Å². The molecule has 0 aliphatic rings. The normalized spacial score (nSPS) is 11.7. The van der Waals surface area contributed by atoms with E-state index >= 15 is 0 Å². The van der Waals surface area contributed by atoms with Crippen molar-refractivity contribution < 1.29 is 0 Å². The van der Waals surface area contributed by atoms with E-state index in [1.54, 1.807) is 6.07 Å². The predicted octanol–water partition coefficient (Wildman–Crippen LogP) is 1.23. The standard InChI is InChI=1S/C9H15NOSi/c1-7-8(12(2,3)4)5-6-9(11)10-7/h5-6H,1-4H3,(H,10,11). The summed E-state index contributed by atoms with van der Waals surface area (Å²) >= 11 is 0. The summed E-state index contributed by atoms with van der Waals surface area (Å²) in [5.74, 6) is 0. The first-order chi connectivity index (χ1) is 5.41. The van der Waals surface area contributed by atoms with E-state index < -0.39 is 8.07 Å². The molecule has 0 bridgehead atoms. The SMILES string of the molecule is Cc1[nH]c(=O)ccc1[Si](C)(C)C. The van der Waals surface area contributed by atoms with E-state index in [0.717, 1.165) is 5.69 Å². The maximum atomic E-state index is 10.9. The number of H-pyrrole nitrogens is 1. The number of rotatable bonds is 1. The maximum absolute atomic E-state index is 10.9. The van der Waals surface area contributed by atoms with Gasteiger partial charge in [0.1, 0.15) is 0 Å². The monoisotopic (exact) mass is 181 g/mol. The third-order valence-electron chi connectivity index (χ3n) is 1.92. The Morgan fingerprint density at radius 3 is 2.25 bits per heavy atom. The maximum Gasteiger partial charge on any atom is 0.248 e. The zero-order valence-corrected chi connectivity index (χ0v) is 9.06. The van der Waals surface area contributed by atoms with E-state index in [9.17, 15) is 4.79 Å². The molecule has 0 aliphatic carbocycles. The zero-order valence-electron chi connectivity index (χ0n) is 8.06. The lowest BCUT2D eigenvalue weighted by Crippen LogP contribution is -2.41. The Hall–Kier alpha value is -0.833. The second kappa shape index (κ2) is 2.90. The molecule has 1 aromatic heterocycles. The lowest BCUT2D eigenvalue weighted by molar-refractivity contribution is 1.16. The average molecular weight is 181 g/mol. The van der Waals surface area contributed by atoms with Crippen molar-refractivity contribution in [2.45, 2.75) is 26.6 Å². The van der Waals surface area contributed by atoms with Gasteiger partial charge in [0, 0.05) is 11.8 Å². The number of aryl methyl sites for hydroxylation is 1. The highest BCUT2D eigenvalue weighted by molar-refractivity contribution is 6.88. The highest BCUT2D eigenvalue weighted by Crippen LogP contribution is 2.02. The fourth-order valence-electron chi connectivity index (χ4n) is 1.39. The Kier molecular flexibility index (Phi) is 2.24. The molecule has 0 atom stereocenters. The molecule has 0 amide bonds. The summed E-state index contributed by atoms with van der Waals surface area (Å²) in [7, 11) is -1.27. The number of hydrogen-bond donors (Lipinski definition) is 1. The molecule has 12 heavy (non-hydrogen) atoms. The van der Waals surface area contributed by atoms with Gasteiger partial charge >= 0.3 is 0 Å². The van der Waals surface area contributed by atoms with Crippen LogP contribution in [-0.4, -0.2) is 13.1 Å². The molecule has 0 saturated carbocycles. The van der Waals surface area contributed by atoms with Crippen LogP contribution >= 0.6 is 0 Å². The van der Waals surface area contributed by atoms with Crippen LogP contribution in [0.3, 0.4) is 0 Å². The summed E-state index contributed by atoms with van der Waals surface area (Å²) in [6, 6.07) is 3.57. The molecule has 0 unspecified atom stereocenters. The second-order valence-electron chi connectivity index (χ2n) is 4.11. The Balaban J connectivity index is 3.28. The molecule has 0 radical (unpaired) electrons. The van der Waals surface area contributed by atoms with E-state index in [-0.39, 0.29) is 5.56 Å². The lowest BCUT2D eigenvalue weighted by atomic mass is 10.4. The zero-order chi connectivity index (χ0) is 9.35. The van der Waals surface area contributed by atoms with Crippen LogP contribution in [0, 0.1) is 6.92 Å². The molecular weight excluding hydrogens is 166 g/mol. The molecule has 0 spiro atoms. The van der Waals surface area contributed by atoms with Crippen LogP contribution in [0.25, 0.3) is 0 Å². The van der Waals surface area contributed by atoms with Gasteiger partial charge in [0.25, 0.3) is 0 Å². The summed E-state index contributed by atoms with van der Waals surface area (Å²) < 4.78 is 0. The van der Waals surface area contributed by atoms with Gasteiger partial charge in [0.15, 0.2) is 0 Å². The molecule has 3 heteroatoms. The quantitative estimate of drug-likeness (QED) is 0.649. The van der Waals surface area contributed by atoms with Gasteiger partial charge < -0.3 is 4.98 Å². The van der Waals surface area contributed by atoms with Crippen molar-refractivity contribution in [1.29, 1.82) is 0 Å². The largest absolute Gasteiger partial charge is 0.327 e. The molecule has 1 heterocycles. The van der Waals surface area contributed by atoms with Gasteiger partial charge in [0.2, 0.25) is 5.56 Å². The van der Waals surface area contributed by atoms with Crippen LogP contribution in [0.15, 0.2) is 16.9 Å². The Bertz CT molecular complexity index is 335. The van der Waals surface area contributed by atoms with Crippen molar-refractivity contribution in [2.75, 3.05) is 0 Å². The predicted molar refractivity (Wildman–Crippen MR) is 54.8 cm³/mol. The van der Waals surface area contributed by atoms with Crippen LogP contribution in [0.5, 0.6) is 0 Å². The van der Waals surface area contributed by atoms with Crippen molar-refractivity contribution in [3.8, 4) is 0 Å². The van der Waals surface area contributed by atoms with Crippen molar-refractivity contribution >= 4 is 13.3 Å². The van der Waals surface area contributed by atoms with Crippen LogP contribution in [0.2, 0.25) is 19.6 Å². The molecule has 0 aliphatic heterocycles. The number of aromatic nitrogens is 1. The summed E-state index contributed by atoms with van der Waals surface area (Å²) in [6.07, 6.45) is 0. The number of hydrogen-bond acceptors (Lipinski definition) is 1. The van der Waals surface area contributed by atoms with Crippen molar-refractivity contribution in [2.24, 2.45) is 0 Å². The first-order valence-corrected chi connectivity index (χ1v) is 7.61. The molecule has 1 N–H and O–H groups in total. The minimum atomic E-state index is -1.27. The van der Waals surface area contributed by atoms with E-state index in [1.807, 2.05) is 13.0 Å². The van der Waals surface area contributed by atoms with Crippen LogP contribution < -0.4 is 10.7 Å². The van der Waals surface area contributed by atoms with Gasteiger partial charge in [-0.2, -0.15) is 0 Å². The molecule has 0 fully saturated rings. The third kappa shape index (κ3) is 1.85. The minimum Gasteiger partial charge on any atom is -0.327 e. The van der Waals surface area contributed by atoms with E-state index in [4.69, 9.17) is 0 Å². The molecule has 1 aromatic rings. The fourth-order valence-corrected chi connectivity index (χ4v) is 3.16. The smallest absolute Gasteiger partial charge is 0.248 e. The lowest BCUT2D eigenvalue weighted by Gasteiger charge is -2.18. The van der Waals surface area contributed by atoms with Crippen LogP contribution in [0.1, 0.15) is 5.69 Å². The van der Waals surface area contributed by atoms with Gasteiger partial charge in [-0.3, -0.25) is 4.79 Å². The van der Waals surface area contributed by atoms with Crippen LogP contribution in [0.4, 0.5) is 0 Å². The second-order valence-corrected chi connectivity index (χ2v) is 9.15. The number of aromatic amines is 1. The molecule has 0 aromatic carbocycles. The van der Waals surface area contributed by atoms with E-state index in [2.05, 4.69) is 24.6 Å². The van der Waals surface area contributed by atoms with Gasteiger partial charge in [-0.25, -0.2) is 0 Å². The highest BCUT2D eigenvalue weighted by Gasteiger charge is 2.18. The first-order valence-electron chi connectivity index (χ1n) is 4.11. The molecular formula is C9H15NOSi. The molecule has 2 nitrogen and oxygen atoms in total. The van der Waals surface area contributed by atoms with Gasteiger partial charge in [0.05, 0.1) is 8.07 Å². The highest BCUT2D eigenvalue weighted by atomic mass is 28.3. The first kappa shape index (κ1) is 9.26. The van der Waals surface area contributed by atoms with Gasteiger partial charge in [-0.1, -0.05) is 25.7 Å². The van der Waals surface area contributed by atoms with Gasteiger partial charge in [-0.15, -0.1) is 0 Å². The Labute approximate surface area is 73.7 Å². The third-order valence-corrected chi connectivity index (χ3v) is 4.08. The minimum absolute atomic E-state index is 0.00509. The molecule has 66 valence electrons. The number of nitrogens with one attached hydrogen (secondary N) is 1. The van der Waals surface area contributed by atoms with Crippen LogP contribution in [-0.2, 0) is 0 Å².